The highest BCUT2D eigenvalue weighted by molar-refractivity contribution is 5.99. The van der Waals surface area contributed by atoms with E-state index in [-0.39, 0.29) is 23.4 Å². The van der Waals surface area contributed by atoms with Gasteiger partial charge in [0.1, 0.15) is 6.54 Å². The molecule has 12 nitrogen and oxygen atoms in total. The van der Waals surface area contributed by atoms with Crippen LogP contribution in [-0.4, -0.2) is 35.6 Å². The highest BCUT2D eigenvalue weighted by Crippen LogP contribution is 2.12. The number of hydrogen-bond donors (Lipinski definition) is 2. The molecule has 1 amide bonds. The fourth-order valence-electron chi connectivity index (χ4n) is 2.53. The van der Waals surface area contributed by atoms with Gasteiger partial charge in [0.05, 0.1) is 17.0 Å². The maximum atomic E-state index is 12.2. The van der Waals surface area contributed by atoms with E-state index in [0.29, 0.717) is 11.3 Å². The Morgan fingerprint density at radius 3 is 2.64 bits per heavy atom. The number of carbonyl (C=O) groups is 1. The minimum atomic E-state index is -0.644. The van der Waals surface area contributed by atoms with E-state index in [4.69, 9.17) is 0 Å². The van der Waals surface area contributed by atoms with E-state index < -0.39 is 22.1 Å². The van der Waals surface area contributed by atoms with E-state index in [2.05, 4.69) is 20.5 Å². The van der Waals surface area contributed by atoms with E-state index in [1.165, 1.54) is 46.8 Å². The molecule has 0 spiro atoms. The van der Waals surface area contributed by atoms with Crippen LogP contribution in [-0.2, 0) is 18.4 Å². The number of imidazole rings is 1. The Morgan fingerprint density at radius 2 is 2.00 bits per heavy atom. The normalized spacial score (nSPS) is 11.6. The zero-order valence-corrected chi connectivity index (χ0v) is 14.9. The highest BCUT2D eigenvalue weighted by Gasteiger charge is 2.13. The van der Waals surface area contributed by atoms with Gasteiger partial charge < -0.3 is 4.57 Å². The molecular weight excluding hydrogens is 370 g/mol. The molecule has 2 N–H and O–H groups in total. The number of benzene rings is 1. The van der Waals surface area contributed by atoms with E-state index in [1.807, 2.05) is 0 Å². The number of H-pyrrole nitrogens is 1. The Labute approximate surface area is 156 Å². The van der Waals surface area contributed by atoms with Gasteiger partial charge >= 0.3 is 5.69 Å². The first kappa shape index (κ1) is 18.7. The van der Waals surface area contributed by atoms with Crippen LogP contribution in [0.5, 0.6) is 0 Å². The summed E-state index contributed by atoms with van der Waals surface area (Å²) in [7, 11) is 1.45. The van der Waals surface area contributed by atoms with Gasteiger partial charge in [0, 0.05) is 19.2 Å². The van der Waals surface area contributed by atoms with Crippen LogP contribution in [0.1, 0.15) is 12.5 Å². The number of carbonyl (C=O) groups excluding carboxylic acids is 1. The van der Waals surface area contributed by atoms with Crippen molar-refractivity contribution in [2.75, 3.05) is 0 Å². The summed E-state index contributed by atoms with van der Waals surface area (Å²) in [5, 5.41) is 14.6. The molecule has 0 aliphatic carbocycles. The number of nitro groups is 1. The van der Waals surface area contributed by atoms with E-state index in [9.17, 15) is 24.5 Å². The van der Waals surface area contributed by atoms with Crippen LogP contribution in [0.2, 0.25) is 0 Å². The largest absolute Gasteiger partial charge is 0.329 e. The van der Waals surface area contributed by atoms with Crippen molar-refractivity contribution >= 4 is 28.5 Å². The lowest BCUT2D eigenvalue weighted by atomic mass is 10.1. The fraction of sp³-hybridized carbons (Fsp3) is 0.188. The number of hydrogen-bond acceptors (Lipinski definition) is 7. The number of nitrogens with zero attached hydrogens (tertiary/aromatic N) is 5. The molecule has 2 heterocycles. The van der Waals surface area contributed by atoms with Crippen LogP contribution in [0.3, 0.4) is 0 Å². The van der Waals surface area contributed by atoms with Crippen molar-refractivity contribution in [3.05, 3.63) is 67.1 Å². The first-order valence-electron chi connectivity index (χ1n) is 8.00. The molecule has 0 aliphatic heterocycles. The van der Waals surface area contributed by atoms with Gasteiger partial charge in [-0.25, -0.2) is 15.2 Å². The first-order valence-corrected chi connectivity index (χ1v) is 8.00. The number of hydrazone groups is 1. The minimum Gasteiger partial charge on any atom is -0.315 e. The van der Waals surface area contributed by atoms with Crippen LogP contribution >= 0.6 is 0 Å². The number of aromatic amines is 1. The first-order chi connectivity index (χ1) is 13.3. The Morgan fingerprint density at radius 1 is 1.32 bits per heavy atom. The quantitative estimate of drug-likeness (QED) is 0.354. The molecule has 144 valence electrons. The van der Waals surface area contributed by atoms with Gasteiger partial charge in [-0.15, -0.1) is 0 Å². The predicted molar refractivity (Wildman–Crippen MR) is 99.0 cm³/mol. The summed E-state index contributed by atoms with van der Waals surface area (Å²) in [6.45, 7) is 1.39. The number of aromatic nitrogens is 4. The average molecular weight is 385 g/mol. The topological polar surface area (TPSA) is 157 Å². The Kier molecular flexibility index (Phi) is 4.85. The fourth-order valence-corrected chi connectivity index (χ4v) is 2.53. The van der Waals surface area contributed by atoms with E-state index in [1.54, 1.807) is 6.92 Å². The molecule has 0 unspecified atom stereocenters. The van der Waals surface area contributed by atoms with Gasteiger partial charge in [-0.2, -0.15) is 5.10 Å². The molecule has 0 aliphatic rings. The van der Waals surface area contributed by atoms with Gasteiger partial charge in [0.2, 0.25) is 0 Å². The van der Waals surface area contributed by atoms with Crippen molar-refractivity contribution in [3.8, 4) is 0 Å². The van der Waals surface area contributed by atoms with Crippen molar-refractivity contribution in [2.45, 2.75) is 13.5 Å². The van der Waals surface area contributed by atoms with Crippen molar-refractivity contribution < 1.29 is 9.72 Å². The molecule has 0 bridgehead atoms. The van der Waals surface area contributed by atoms with Gasteiger partial charge in [-0.3, -0.25) is 29.3 Å². The third-order valence-electron chi connectivity index (χ3n) is 4.03. The molecule has 28 heavy (non-hydrogen) atoms. The van der Waals surface area contributed by atoms with Crippen LogP contribution in [0, 0.1) is 10.1 Å². The van der Waals surface area contributed by atoms with Crippen molar-refractivity contribution in [2.24, 2.45) is 12.1 Å². The standard InChI is InChI=1S/C16H15N7O5/c1-9(10-3-5-11(6-4-10)23(27)28)19-20-12(24)7-22-8-17-14-13(22)15(25)18-16(26)21(14)2/h3-6,8H,7H2,1-2H3,(H,20,24)(H,18,25,26)/b19-9+. The predicted octanol–water partition coefficient (Wildman–Crippen LogP) is -0.128. The summed E-state index contributed by atoms with van der Waals surface area (Å²) in [6, 6.07) is 5.72. The number of aryl methyl sites for hydroxylation is 1. The molecule has 0 saturated carbocycles. The molecule has 3 rings (SSSR count). The highest BCUT2D eigenvalue weighted by atomic mass is 16.6. The van der Waals surface area contributed by atoms with Crippen molar-refractivity contribution in [3.63, 3.8) is 0 Å². The lowest BCUT2D eigenvalue weighted by Crippen LogP contribution is -2.30. The second kappa shape index (κ2) is 7.26. The Balaban J connectivity index is 1.75. The third-order valence-corrected chi connectivity index (χ3v) is 4.03. The molecule has 3 aromatic rings. The minimum absolute atomic E-state index is 0.0489. The van der Waals surface area contributed by atoms with Crippen molar-refractivity contribution in [1.82, 2.24) is 24.5 Å². The molecule has 12 heteroatoms. The lowest BCUT2D eigenvalue weighted by Gasteiger charge is -2.05. The number of nitro benzene ring substituents is 1. The summed E-state index contributed by atoms with van der Waals surface area (Å²) in [5.74, 6) is -0.520. The average Bonchev–Trinajstić information content (AvgIpc) is 3.08. The summed E-state index contributed by atoms with van der Waals surface area (Å²) < 4.78 is 2.47. The molecule has 0 radical (unpaired) electrons. The number of fused-ring (bicyclic) bond motifs is 1. The zero-order chi connectivity index (χ0) is 20.4. The van der Waals surface area contributed by atoms with Crippen molar-refractivity contribution in [1.29, 1.82) is 0 Å². The molecule has 2 aromatic heterocycles. The summed E-state index contributed by atoms with van der Waals surface area (Å²) >= 11 is 0. The Bertz CT molecular complexity index is 1220. The monoisotopic (exact) mass is 385 g/mol. The van der Waals surface area contributed by atoms with Gasteiger partial charge in [0.15, 0.2) is 11.2 Å². The van der Waals surface area contributed by atoms with E-state index >= 15 is 0 Å². The number of amides is 1. The van der Waals surface area contributed by atoms with Crippen LogP contribution in [0.4, 0.5) is 5.69 Å². The third kappa shape index (κ3) is 3.56. The maximum Gasteiger partial charge on any atom is 0.329 e. The molecular formula is C16H15N7O5. The molecule has 0 atom stereocenters. The number of nitrogens with one attached hydrogen (secondary N) is 2. The van der Waals surface area contributed by atoms with Crippen LogP contribution < -0.4 is 16.7 Å². The summed E-state index contributed by atoms with van der Waals surface area (Å²) in [4.78, 5) is 52.1. The summed E-state index contributed by atoms with van der Waals surface area (Å²) in [5.41, 5.74) is 2.35. The smallest absolute Gasteiger partial charge is 0.315 e. The second-order valence-electron chi connectivity index (χ2n) is 5.90. The zero-order valence-electron chi connectivity index (χ0n) is 14.9. The SMILES string of the molecule is C/C(=N\NC(=O)Cn1cnc2c1c(=O)[nH]c(=O)n2C)c1ccc([N+](=O)[O-])cc1. The maximum absolute atomic E-state index is 12.2. The van der Waals surface area contributed by atoms with Crippen LogP contribution in [0.25, 0.3) is 11.2 Å². The summed E-state index contributed by atoms with van der Waals surface area (Å²) in [6.07, 6.45) is 1.28. The molecule has 1 aromatic carbocycles. The molecule has 0 saturated heterocycles. The number of non-ortho nitro benzene ring substituents is 1. The van der Waals surface area contributed by atoms with Gasteiger partial charge in [0.25, 0.3) is 17.2 Å². The van der Waals surface area contributed by atoms with Gasteiger partial charge in [-0.1, -0.05) is 0 Å². The Hall–Kier alpha value is -4.09. The second-order valence-corrected chi connectivity index (χ2v) is 5.90. The molecule has 0 fully saturated rings. The van der Waals surface area contributed by atoms with Gasteiger partial charge in [-0.05, 0) is 24.6 Å². The lowest BCUT2D eigenvalue weighted by molar-refractivity contribution is -0.384. The van der Waals surface area contributed by atoms with E-state index in [0.717, 1.165) is 0 Å². The van der Waals surface area contributed by atoms with Crippen LogP contribution in [0.15, 0.2) is 45.3 Å². The number of rotatable bonds is 5.